The van der Waals surface area contributed by atoms with Gasteiger partial charge in [-0.3, -0.25) is 9.78 Å². The van der Waals surface area contributed by atoms with Gasteiger partial charge >= 0.3 is 0 Å². The number of hydrogen-bond acceptors (Lipinski definition) is 8. The number of fused-ring (bicyclic) bond motifs is 1. The summed E-state index contributed by atoms with van der Waals surface area (Å²) >= 11 is 0. The summed E-state index contributed by atoms with van der Waals surface area (Å²) in [5.41, 5.74) is 4.62. The number of carbonyl (C=O) groups is 1. The van der Waals surface area contributed by atoms with E-state index < -0.39 is 47.0 Å². The second kappa shape index (κ2) is 9.49. The number of ether oxygens (including phenoxy) is 1. The zero-order chi connectivity index (χ0) is 25.4. The van der Waals surface area contributed by atoms with Gasteiger partial charge in [0.2, 0.25) is 0 Å². The Morgan fingerprint density at radius 1 is 1.19 bits per heavy atom. The lowest BCUT2D eigenvalue weighted by Gasteiger charge is -2.49. The van der Waals surface area contributed by atoms with Crippen molar-refractivity contribution < 1.29 is 28.5 Å². The van der Waals surface area contributed by atoms with Crippen LogP contribution in [0.1, 0.15) is 54.3 Å². The predicted octanol–water partition coefficient (Wildman–Crippen LogP) is 3.15. The van der Waals surface area contributed by atoms with E-state index in [9.17, 15) is 23.8 Å². The zero-order valence-corrected chi connectivity index (χ0v) is 19.2. The minimum atomic E-state index is -1.29. The van der Waals surface area contributed by atoms with Crippen LogP contribution >= 0.6 is 0 Å². The molecule has 2 aliphatic rings. The Morgan fingerprint density at radius 2 is 1.97 bits per heavy atom. The third kappa shape index (κ3) is 4.29. The third-order valence-corrected chi connectivity index (χ3v) is 6.86. The number of aromatic nitrogens is 3. The van der Waals surface area contributed by atoms with Crippen LogP contribution < -0.4 is 11.1 Å². The molecular formula is C25H25F2N5O4. The Hall–Kier alpha value is -3.54. The Morgan fingerprint density at radius 3 is 2.75 bits per heavy atom. The smallest absolute Gasteiger partial charge is 0.276 e. The minimum Gasteiger partial charge on any atom is -0.396 e. The van der Waals surface area contributed by atoms with Crippen molar-refractivity contribution in [2.24, 2.45) is 0 Å². The number of benzene rings is 1. The van der Waals surface area contributed by atoms with Gasteiger partial charge in [0, 0.05) is 18.2 Å². The highest BCUT2D eigenvalue weighted by molar-refractivity contribution is 6.06. The highest BCUT2D eigenvalue weighted by Gasteiger charge is 2.51. The SMILES string of the molecule is Nc1cnc(-c2c(F)cccc2F)nc1C(=O)Nc1cnccc1[C@@H]1C[C@H](O)[C@]2(O)CCCC[C@@H]2O1. The van der Waals surface area contributed by atoms with E-state index in [4.69, 9.17) is 10.5 Å². The number of hydrogen-bond donors (Lipinski definition) is 4. The second-order valence-electron chi connectivity index (χ2n) is 9.11. The van der Waals surface area contributed by atoms with E-state index in [-0.39, 0.29) is 29.3 Å². The summed E-state index contributed by atoms with van der Waals surface area (Å²) in [6.45, 7) is 0. The highest BCUT2D eigenvalue weighted by atomic mass is 19.1. The molecule has 9 nitrogen and oxygen atoms in total. The van der Waals surface area contributed by atoms with Gasteiger partial charge in [-0.15, -0.1) is 0 Å². The van der Waals surface area contributed by atoms with Gasteiger partial charge in [0.05, 0.1) is 47.6 Å². The van der Waals surface area contributed by atoms with Crippen LogP contribution in [0.3, 0.4) is 0 Å². The molecule has 1 aliphatic heterocycles. The molecule has 1 saturated heterocycles. The Kier molecular flexibility index (Phi) is 6.37. The molecule has 0 bridgehead atoms. The van der Waals surface area contributed by atoms with Crippen LogP contribution in [0.25, 0.3) is 11.4 Å². The van der Waals surface area contributed by atoms with Crippen molar-refractivity contribution in [3.05, 3.63) is 65.7 Å². The lowest BCUT2D eigenvalue weighted by atomic mass is 9.74. The fourth-order valence-corrected chi connectivity index (χ4v) is 4.95. The molecule has 0 unspecified atom stereocenters. The summed E-state index contributed by atoms with van der Waals surface area (Å²) < 4.78 is 34.7. The first-order valence-electron chi connectivity index (χ1n) is 11.7. The second-order valence-corrected chi connectivity index (χ2v) is 9.11. The van der Waals surface area contributed by atoms with E-state index >= 15 is 0 Å². The van der Waals surface area contributed by atoms with E-state index in [0.717, 1.165) is 31.2 Å². The Labute approximate surface area is 205 Å². The standard InChI is InChI=1S/C25H25F2N5O4/c26-14-4-3-5-15(27)21(14)23-30-11-16(28)22(32-23)24(34)31-17-12-29-9-7-13(17)18-10-19(33)25(35)8-2-1-6-20(25)36-18/h3-5,7,9,11-12,18-20,33,35H,1-2,6,8,10,28H2,(H,31,34)/t18-,19-,20-,25+/m0/s1. The summed E-state index contributed by atoms with van der Waals surface area (Å²) in [6, 6.07) is 4.99. The summed E-state index contributed by atoms with van der Waals surface area (Å²) in [7, 11) is 0. The average Bonchev–Trinajstić information content (AvgIpc) is 2.85. The molecule has 36 heavy (non-hydrogen) atoms. The molecule has 0 spiro atoms. The van der Waals surface area contributed by atoms with Crippen LogP contribution in [0.5, 0.6) is 0 Å². The fraction of sp³-hybridized carbons (Fsp3) is 0.360. The van der Waals surface area contributed by atoms with Crippen molar-refractivity contribution in [1.82, 2.24) is 15.0 Å². The van der Waals surface area contributed by atoms with Gasteiger partial charge < -0.3 is 26.0 Å². The van der Waals surface area contributed by atoms with Crippen molar-refractivity contribution in [2.75, 3.05) is 11.1 Å². The first-order valence-corrected chi connectivity index (χ1v) is 11.7. The number of aliphatic hydroxyl groups is 2. The molecule has 11 heteroatoms. The Bertz CT molecular complexity index is 1290. The van der Waals surface area contributed by atoms with Gasteiger partial charge in [0.1, 0.15) is 17.2 Å². The number of anilines is 2. The summed E-state index contributed by atoms with van der Waals surface area (Å²) in [4.78, 5) is 25.1. The third-order valence-electron chi connectivity index (χ3n) is 6.86. The molecule has 2 fully saturated rings. The van der Waals surface area contributed by atoms with Crippen LogP contribution in [0.4, 0.5) is 20.2 Å². The summed E-state index contributed by atoms with van der Waals surface area (Å²) in [6.07, 6.45) is 4.82. The lowest BCUT2D eigenvalue weighted by Crippen LogP contribution is -2.58. The lowest BCUT2D eigenvalue weighted by molar-refractivity contribution is -0.242. The summed E-state index contributed by atoms with van der Waals surface area (Å²) in [5.74, 6) is -2.83. The van der Waals surface area contributed by atoms with E-state index in [1.807, 2.05) is 0 Å². The number of amides is 1. The van der Waals surface area contributed by atoms with Crippen LogP contribution in [0, 0.1) is 11.6 Å². The van der Waals surface area contributed by atoms with E-state index in [2.05, 4.69) is 20.3 Å². The van der Waals surface area contributed by atoms with Gasteiger partial charge in [0.15, 0.2) is 11.5 Å². The number of carbonyl (C=O) groups excluding carboxylic acids is 1. The molecule has 188 valence electrons. The van der Waals surface area contributed by atoms with E-state index in [1.165, 1.54) is 18.5 Å². The molecule has 5 N–H and O–H groups in total. The Balaban J connectivity index is 1.42. The highest BCUT2D eigenvalue weighted by Crippen LogP contribution is 2.45. The van der Waals surface area contributed by atoms with Crippen molar-refractivity contribution in [2.45, 2.75) is 56.0 Å². The largest absolute Gasteiger partial charge is 0.396 e. The quantitative estimate of drug-likeness (QED) is 0.430. The predicted molar refractivity (Wildman–Crippen MR) is 126 cm³/mol. The number of nitrogens with zero attached hydrogens (tertiary/aromatic N) is 3. The normalized spacial score (nSPS) is 25.7. The molecule has 2 aromatic heterocycles. The number of aliphatic hydroxyl groups excluding tert-OH is 1. The van der Waals surface area contributed by atoms with Gasteiger partial charge in [0.25, 0.3) is 5.91 Å². The first-order chi connectivity index (χ1) is 17.3. The first kappa shape index (κ1) is 24.2. The molecule has 1 saturated carbocycles. The van der Waals surface area contributed by atoms with E-state index in [0.29, 0.717) is 18.4 Å². The minimum absolute atomic E-state index is 0.0879. The van der Waals surface area contributed by atoms with Crippen molar-refractivity contribution >= 4 is 17.3 Å². The van der Waals surface area contributed by atoms with Crippen LogP contribution in [-0.4, -0.2) is 48.9 Å². The number of rotatable bonds is 4. The number of halogens is 2. The molecule has 0 radical (unpaired) electrons. The van der Waals surface area contributed by atoms with Crippen molar-refractivity contribution in [1.29, 1.82) is 0 Å². The number of nitrogen functional groups attached to an aromatic ring is 1. The van der Waals surface area contributed by atoms with Gasteiger partial charge in [-0.1, -0.05) is 18.9 Å². The van der Waals surface area contributed by atoms with Gasteiger partial charge in [-0.25, -0.2) is 18.7 Å². The molecule has 3 heterocycles. The topological polar surface area (TPSA) is 143 Å². The van der Waals surface area contributed by atoms with Crippen LogP contribution in [-0.2, 0) is 4.74 Å². The van der Waals surface area contributed by atoms with Crippen molar-refractivity contribution in [3.8, 4) is 11.4 Å². The maximum absolute atomic E-state index is 14.2. The van der Waals surface area contributed by atoms with E-state index in [1.54, 1.807) is 6.07 Å². The van der Waals surface area contributed by atoms with Gasteiger partial charge in [-0.05, 0) is 31.0 Å². The average molecular weight is 498 g/mol. The number of nitrogens with one attached hydrogen (secondary N) is 1. The molecular weight excluding hydrogens is 472 g/mol. The van der Waals surface area contributed by atoms with Crippen LogP contribution in [0.2, 0.25) is 0 Å². The number of nitrogens with two attached hydrogens (primary N) is 1. The van der Waals surface area contributed by atoms with Gasteiger partial charge in [-0.2, -0.15) is 0 Å². The molecule has 1 amide bonds. The zero-order valence-electron chi connectivity index (χ0n) is 19.2. The molecule has 3 aromatic rings. The molecule has 1 aromatic carbocycles. The number of pyridine rings is 1. The van der Waals surface area contributed by atoms with Crippen LogP contribution in [0.15, 0.2) is 42.9 Å². The molecule has 5 rings (SSSR count). The summed E-state index contributed by atoms with van der Waals surface area (Å²) in [5, 5.41) is 24.4. The maximum atomic E-state index is 14.2. The monoisotopic (exact) mass is 497 g/mol. The molecule has 1 aliphatic carbocycles. The molecule has 4 atom stereocenters. The van der Waals surface area contributed by atoms with Crippen molar-refractivity contribution in [3.63, 3.8) is 0 Å². The fourth-order valence-electron chi connectivity index (χ4n) is 4.95. The maximum Gasteiger partial charge on any atom is 0.276 e.